The van der Waals surface area contributed by atoms with E-state index in [4.69, 9.17) is 4.74 Å². The Morgan fingerprint density at radius 3 is 2.55 bits per heavy atom. The van der Waals surface area contributed by atoms with Crippen LogP contribution in [0.2, 0.25) is 0 Å². The molecule has 0 saturated carbocycles. The van der Waals surface area contributed by atoms with Gasteiger partial charge in [-0.1, -0.05) is 18.2 Å². The van der Waals surface area contributed by atoms with Crippen molar-refractivity contribution in [1.29, 1.82) is 0 Å². The number of alkyl halides is 3. The second-order valence-corrected chi connectivity index (χ2v) is 6.31. The van der Waals surface area contributed by atoms with Crippen molar-refractivity contribution in [3.05, 3.63) is 47.8 Å². The number of halogens is 3. The van der Waals surface area contributed by atoms with Gasteiger partial charge in [-0.15, -0.1) is 5.10 Å². The number of anilines is 1. The van der Waals surface area contributed by atoms with Gasteiger partial charge in [-0.05, 0) is 24.6 Å². The summed E-state index contributed by atoms with van der Waals surface area (Å²) in [5, 5.41) is 10.2. The highest BCUT2D eigenvalue weighted by Crippen LogP contribution is 2.36. The lowest BCUT2D eigenvalue weighted by atomic mass is 10.00. The van der Waals surface area contributed by atoms with Crippen LogP contribution < -0.4 is 4.90 Å². The van der Waals surface area contributed by atoms with E-state index in [1.807, 2.05) is 0 Å². The van der Waals surface area contributed by atoms with Gasteiger partial charge in [-0.3, -0.25) is 0 Å². The van der Waals surface area contributed by atoms with Crippen molar-refractivity contribution in [3.63, 3.8) is 0 Å². The molecular weight excluding hydrogens is 387 g/mol. The lowest BCUT2D eigenvalue weighted by molar-refractivity contribution is -0.137. The number of hydrogen-bond acceptors (Lipinski definition) is 6. The number of rotatable bonds is 5. The quantitative estimate of drug-likeness (QED) is 0.650. The summed E-state index contributed by atoms with van der Waals surface area (Å²) in [7, 11) is 3.39. The maximum Gasteiger partial charge on any atom is 0.417 e. The number of carbonyl (C=O) groups excluding carboxylic acids is 1. The van der Waals surface area contributed by atoms with Crippen molar-refractivity contribution < 1.29 is 22.7 Å². The molecule has 2 heterocycles. The van der Waals surface area contributed by atoms with E-state index >= 15 is 0 Å². The molecule has 0 bridgehead atoms. The summed E-state index contributed by atoms with van der Waals surface area (Å²) in [5.41, 5.74) is 0.685. The Kier molecular flexibility index (Phi) is 5.53. The fourth-order valence-corrected chi connectivity index (χ4v) is 2.79. The highest BCUT2D eigenvalue weighted by molar-refractivity contribution is 5.94. The van der Waals surface area contributed by atoms with Gasteiger partial charge in [0, 0.05) is 31.4 Å². The number of nitrogens with zero attached hydrogens (tertiary/aromatic N) is 4. The summed E-state index contributed by atoms with van der Waals surface area (Å²) in [6.07, 6.45) is -3.72. The van der Waals surface area contributed by atoms with Gasteiger partial charge in [0.2, 0.25) is 0 Å². The summed E-state index contributed by atoms with van der Waals surface area (Å²) < 4.78 is 44.6. The Labute approximate surface area is 164 Å². The van der Waals surface area contributed by atoms with Crippen molar-refractivity contribution in [2.75, 3.05) is 25.6 Å². The van der Waals surface area contributed by atoms with Gasteiger partial charge in [0.05, 0.1) is 12.2 Å². The van der Waals surface area contributed by atoms with Crippen molar-refractivity contribution in [1.82, 2.24) is 20.4 Å². The van der Waals surface area contributed by atoms with Crippen LogP contribution in [0.3, 0.4) is 0 Å². The normalized spacial score (nSPS) is 11.4. The molecule has 1 N–H and O–H groups in total. The van der Waals surface area contributed by atoms with Crippen molar-refractivity contribution in [2.45, 2.75) is 13.1 Å². The van der Waals surface area contributed by atoms with Crippen LogP contribution in [0.4, 0.5) is 19.0 Å². The highest BCUT2D eigenvalue weighted by Gasteiger charge is 2.32. The molecule has 0 aliphatic rings. The van der Waals surface area contributed by atoms with E-state index in [-0.39, 0.29) is 18.0 Å². The van der Waals surface area contributed by atoms with Gasteiger partial charge in [0.1, 0.15) is 11.5 Å². The summed E-state index contributed by atoms with van der Waals surface area (Å²) in [4.78, 5) is 17.7. The fraction of sp³-hybridized carbons (Fsp3) is 0.263. The van der Waals surface area contributed by atoms with Crippen LogP contribution in [-0.4, -0.2) is 47.1 Å². The molecule has 1 aromatic carbocycles. The zero-order valence-electron chi connectivity index (χ0n) is 15.9. The number of ether oxygens (including phenoxy) is 1. The Morgan fingerprint density at radius 1 is 1.17 bits per heavy atom. The number of aromatic amines is 1. The SMILES string of the molecule is CCOC(=O)c1n[nH]nc1-c1cccc(-c2cc(C(F)(F)F)cnc2N(C)C)c1. The van der Waals surface area contributed by atoms with E-state index in [9.17, 15) is 18.0 Å². The average Bonchev–Trinajstić information content (AvgIpc) is 3.17. The molecular formula is C19H18F3N5O2. The Balaban J connectivity index is 2.12. The van der Waals surface area contributed by atoms with Crippen LogP contribution in [-0.2, 0) is 10.9 Å². The molecule has 0 aliphatic carbocycles. The zero-order valence-corrected chi connectivity index (χ0v) is 15.9. The van der Waals surface area contributed by atoms with Crippen molar-refractivity contribution in [3.8, 4) is 22.4 Å². The number of pyridine rings is 1. The van der Waals surface area contributed by atoms with Crippen molar-refractivity contribution in [2.24, 2.45) is 0 Å². The van der Waals surface area contributed by atoms with Gasteiger partial charge >= 0.3 is 12.1 Å². The lowest BCUT2D eigenvalue weighted by Gasteiger charge is -2.18. The Morgan fingerprint density at radius 2 is 1.90 bits per heavy atom. The first-order valence-corrected chi connectivity index (χ1v) is 8.65. The molecule has 0 fully saturated rings. The second kappa shape index (κ2) is 7.90. The Hall–Kier alpha value is -3.43. The van der Waals surface area contributed by atoms with E-state index in [1.54, 1.807) is 50.2 Å². The third-order valence-electron chi connectivity index (χ3n) is 4.08. The van der Waals surface area contributed by atoms with Gasteiger partial charge < -0.3 is 9.64 Å². The third kappa shape index (κ3) is 4.20. The largest absolute Gasteiger partial charge is 0.461 e. The smallest absolute Gasteiger partial charge is 0.417 e. The average molecular weight is 405 g/mol. The molecule has 0 amide bonds. The summed E-state index contributed by atoms with van der Waals surface area (Å²) in [6.45, 7) is 1.84. The monoisotopic (exact) mass is 405 g/mol. The topological polar surface area (TPSA) is 84.0 Å². The van der Waals surface area contributed by atoms with Gasteiger partial charge in [0.25, 0.3) is 0 Å². The highest BCUT2D eigenvalue weighted by atomic mass is 19.4. The minimum absolute atomic E-state index is 0.000926. The number of nitrogens with one attached hydrogen (secondary N) is 1. The molecule has 10 heteroatoms. The summed E-state index contributed by atoms with van der Waals surface area (Å²) in [5.74, 6) is -0.266. The second-order valence-electron chi connectivity index (χ2n) is 6.31. The number of benzene rings is 1. The van der Waals surface area contributed by atoms with E-state index in [0.717, 1.165) is 12.3 Å². The molecule has 0 radical (unpaired) electrons. The summed E-state index contributed by atoms with van der Waals surface area (Å²) >= 11 is 0. The standard InChI is InChI=1S/C19H18F3N5O2/c1-4-29-18(28)16-15(24-26-25-16)12-7-5-6-11(8-12)14-9-13(19(20,21)22)10-23-17(14)27(2)3/h5-10H,4H2,1-3H3,(H,24,25,26). The molecule has 29 heavy (non-hydrogen) atoms. The number of aromatic nitrogens is 4. The third-order valence-corrected chi connectivity index (χ3v) is 4.08. The zero-order chi connectivity index (χ0) is 21.2. The molecule has 3 aromatic rings. The maximum absolute atomic E-state index is 13.2. The molecule has 2 aromatic heterocycles. The summed E-state index contributed by atoms with van der Waals surface area (Å²) in [6, 6.07) is 7.69. The molecule has 0 spiro atoms. The predicted octanol–water partition coefficient (Wildman–Crippen LogP) is 3.80. The van der Waals surface area contributed by atoms with E-state index in [2.05, 4.69) is 20.4 Å². The predicted molar refractivity (Wildman–Crippen MR) is 100 cm³/mol. The molecule has 152 valence electrons. The van der Waals surface area contributed by atoms with Crippen LogP contribution in [0, 0.1) is 0 Å². The van der Waals surface area contributed by atoms with Crippen LogP contribution in [0.25, 0.3) is 22.4 Å². The molecule has 0 atom stereocenters. The molecule has 3 rings (SSSR count). The maximum atomic E-state index is 13.2. The molecule has 0 aliphatic heterocycles. The minimum atomic E-state index is -4.52. The van der Waals surface area contributed by atoms with Crippen LogP contribution in [0.15, 0.2) is 36.5 Å². The van der Waals surface area contributed by atoms with E-state index < -0.39 is 17.7 Å². The molecule has 0 saturated heterocycles. The van der Waals surface area contributed by atoms with E-state index in [0.29, 0.717) is 22.5 Å². The molecule has 7 nitrogen and oxygen atoms in total. The van der Waals surface area contributed by atoms with Gasteiger partial charge in [-0.2, -0.15) is 23.5 Å². The number of H-pyrrole nitrogens is 1. The molecule has 0 unspecified atom stereocenters. The fourth-order valence-electron chi connectivity index (χ4n) is 2.79. The lowest BCUT2D eigenvalue weighted by Crippen LogP contribution is -2.14. The first-order chi connectivity index (χ1) is 13.7. The Bertz CT molecular complexity index is 1030. The van der Waals surface area contributed by atoms with Crippen LogP contribution in [0.5, 0.6) is 0 Å². The first-order valence-electron chi connectivity index (χ1n) is 8.65. The van der Waals surface area contributed by atoms with Crippen molar-refractivity contribution >= 4 is 11.8 Å². The van der Waals surface area contributed by atoms with Gasteiger partial charge in [-0.25, -0.2) is 9.78 Å². The number of hydrogen-bond donors (Lipinski definition) is 1. The minimum Gasteiger partial charge on any atom is -0.461 e. The van der Waals surface area contributed by atoms with Gasteiger partial charge in [0.15, 0.2) is 5.69 Å². The first kappa shape index (κ1) is 20.3. The number of carbonyl (C=O) groups is 1. The number of esters is 1. The van der Waals surface area contributed by atoms with E-state index in [1.165, 1.54) is 0 Å². The van der Waals surface area contributed by atoms with Crippen LogP contribution in [0.1, 0.15) is 23.0 Å². The van der Waals surface area contributed by atoms with Crippen LogP contribution >= 0.6 is 0 Å².